The molecular formula is C52H46Br3O4P. The summed E-state index contributed by atoms with van der Waals surface area (Å²) in [5.41, 5.74) is 6.69. The molecule has 60 heavy (non-hydrogen) atoms. The predicted molar refractivity (Wildman–Crippen MR) is 266 cm³/mol. The van der Waals surface area contributed by atoms with Gasteiger partial charge in [0, 0.05) is 33.3 Å². The molecule has 1 fully saturated rings. The smallest absolute Gasteiger partial charge is 0.200 e. The zero-order valence-corrected chi connectivity index (χ0v) is 39.5. The molecule has 0 saturated carbocycles. The fourth-order valence-electron chi connectivity index (χ4n) is 7.29. The summed E-state index contributed by atoms with van der Waals surface area (Å²) < 4.78 is 18.5. The Morgan fingerprint density at radius 3 is 1.65 bits per heavy atom. The van der Waals surface area contributed by atoms with Gasteiger partial charge in [-0.05, 0) is 98.0 Å². The Labute approximate surface area is 377 Å². The molecule has 0 amide bonds. The van der Waals surface area contributed by atoms with Crippen molar-refractivity contribution in [3.8, 4) is 11.5 Å². The van der Waals surface area contributed by atoms with Crippen LogP contribution in [-0.4, -0.2) is 19.9 Å². The van der Waals surface area contributed by atoms with Gasteiger partial charge in [-0.1, -0.05) is 56.6 Å². The number of aryl methyl sites for hydroxylation is 2. The van der Waals surface area contributed by atoms with E-state index in [0.29, 0.717) is 21.9 Å². The second-order valence-electron chi connectivity index (χ2n) is 15.0. The Hall–Kier alpha value is -4.62. The summed E-state index contributed by atoms with van der Waals surface area (Å²) in [4.78, 5) is 12.3. The molecule has 0 radical (unpaired) electrons. The summed E-state index contributed by atoms with van der Waals surface area (Å²) in [5.74, 6) is 1.76. The molecule has 8 heteroatoms. The van der Waals surface area contributed by atoms with Gasteiger partial charge in [0.05, 0.1) is 10.8 Å². The first-order valence-electron chi connectivity index (χ1n) is 19.8. The van der Waals surface area contributed by atoms with Gasteiger partial charge in [-0.15, -0.1) is 0 Å². The molecule has 2 aliphatic rings. The number of hydrogen-bond donors (Lipinski definition) is 0. The Balaban J connectivity index is 0.000000129. The van der Waals surface area contributed by atoms with Gasteiger partial charge in [0.25, 0.3) is 0 Å². The van der Waals surface area contributed by atoms with E-state index in [0.717, 1.165) is 55.9 Å². The standard InChI is InChI=1S/C19H18BrP.C15H11BrO.C14H9BrO2.C4H8O/c1-21(20,17-11-5-2-6-12-17,18-13-7-3-8-14-18)19-15-9-4-10-16-19;1-9-3-5-12-10(2)13-8-11(16)4-6-14(13)17-15(12)7-9;1-8-2-4-10-13(6-8)17-12-5-3-9(15)7-11(12)14(10)16;1-2-4-5-3-1/h2-16H,1H3;3-8H,2H2,1H3;2-7H,1H3;1-4H2. The van der Waals surface area contributed by atoms with Gasteiger partial charge in [-0.3, -0.25) is 4.79 Å². The molecule has 0 bridgehead atoms. The molecule has 7 aromatic carbocycles. The van der Waals surface area contributed by atoms with Crippen molar-refractivity contribution in [3.63, 3.8) is 0 Å². The van der Waals surface area contributed by atoms with Crippen molar-refractivity contribution >= 4 is 96.1 Å². The van der Waals surface area contributed by atoms with Crippen molar-refractivity contribution in [3.05, 3.63) is 212 Å². The fraction of sp³-hybridized carbons (Fsp3) is 0.135. The van der Waals surface area contributed by atoms with Crippen LogP contribution < -0.4 is 26.1 Å². The van der Waals surface area contributed by atoms with Crippen molar-refractivity contribution in [1.29, 1.82) is 0 Å². The van der Waals surface area contributed by atoms with Crippen molar-refractivity contribution < 1.29 is 13.9 Å². The Bertz CT molecular complexity index is 2730. The minimum atomic E-state index is -2.56. The zero-order chi connectivity index (χ0) is 42.3. The summed E-state index contributed by atoms with van der Waals surface area (Å²) in [5, 5.41) is 2.72. The Morgan fingerprint density at radius 1 is 0.550 bits per heavy atom. The molecule has 3 heterocycles. The van der Waals surface area contributed by atoms with Crippen molar-refractivity contribution in [1.82, 2.24) is 0 Å². The molecule has 2 aliphatic heterocycles. The van der Waals surface area contributed by atoms with Gasteiger partial charge in [0.1, 0.15) is 22.7 Å². The van der Waals surface area contributed by atoms with E-state index in [-0.39, 0.29) is 5.43 Å². The van der Waals surface area contributed by atoms with Crippen LogP contribution in [0.3, 0.4) is 0 Å². The molecule has 0 spiro atoms. The molecule has 10 rings (SSSR count). The van der Waals surface area contributed by atoms with Crippen molar-refractivity contribution in [2.45, 2.75) is 26.7 Å². The second-order valence-corrected chi connectivity index (χ2v) is 26.6. The number of benzene rings is 7. The first kappa shape index (κ1) is 43.5. The van der Waals surface area contributed by atoms with Crippen LogP contribution in [-0.2, 0) is 4.74 Å². The SMILES string of the molecule is C1CCOC1.C=C1c2ccc(C)cc2Oc2ccc(Br)cc21.CP(Br)(c1ccccc1)(c1ccccc1)c1ccccc1.Cc1ccc2c(=O)c3cc(Br)ccc3oc2c1. The maximum atomic E-state index is 12.3. The first-order valence-corrected chi connectivity index (χ1v) is 26.1. The van der Waals surface area contributed by atoms with Gasteiger partial charge < -0.3 is 13.9 Å². The van der Waals surface area contributed by atoms with Gasteiger partial charge >= 0.3 is 134 Å². The molecular weight excluding hydrogens is 959 g/mol. The molecule has 0 aliphatic carbocycles. The Morgan fingerprint density at radius 2 is 1.08 bits per heavy atom. The van der Waals surface area contributed by atoms with Crippen LogP contribution in [0, 0.1) is 13.8 Å². The van der Waals surface area contributed by atoms with Crippen LogP contribution in [0.4, 0.5) is 0 Å². The summed E-state index contributed by atoms with van der Waals surface area (Å²) >= 11 is 11.1. The quantitative estimate of drug-likeness (QED) is 0.131. The normalized spacial score (nSPS) is 13.4. The van der Waals surface area contributed by atoms with E-state index in [1.807, 2.05) is 61.5 Å². The maximum absolute atomic E-state index is 12.3. The van der Waals surface area contributed by atoms with Gasteiger partial charge in [0.15, 0.2) is 0 Å². The molecule has 1 saturated heterocycles. The summed E-state index contributed by atoms with van der Waals surface area (Å²) in [7, 11) is 0. The van der Waals surface area contributed by atoms with Crippen LogP contribution in [0.15, 0.2) is 189 Å². The summed E-state index contributed by atoms with van der Waals surface area (Å²) in [6, 6.07) is 55.6. The van der Waals surface area contributed by atoms with E-state index < -0.39 is 5.31 Å². The van der Waals surface area contributed by atoms with Crippen molar-refractivity contribution in [2.24, 2.45) is 0 Å². The third-order valence-corrected chi connectivity index (χ3v) is 19.9. The monoisotopic (exact) mass is 1000 g/mol. The molecule has 0 unspecified atom stereocenters. The number of rotatable bonds is 3. The molecule has 8 aromatic rings. The third-order valence-electron chi connectivity index (χ3n) is 10.7. The first-order chi connectivity index (χ1) is 28.9. The maximum Gasteiger partial charge on any atom is 0.200 e. The molecule has 1 aromatic heterocycles. The average Bonchev–Trinajstić information content (AvgIpc) is 3.87. The second kappa shape index (κ2) is 19.0. The molecule has 4 nitrogen and oxygen atoms in total. The van der Waals surface area contributed by atoms with Crippen LogP contribution >= 0.6 is 52.7 Å². The number of hydrogen-bond acceptors (Lipinski definition) is 4. The van der Waals surface area contributed by atoms with Crippen LogP contribution in [0.5, 0.6) is 11.5 Å². The largest absolute Gasteiger partial charge is 0.456 e. The van der Waals surface area contributed by atoms with E-state index in [1.54, 1.807) is 6.07 Å². The van der Waals surface area contributed by atoms with E-state index in [2.05, 4.69) is 171 Å². The predicted octanol–water partition coefficient (Wildman–Crippen LogP) is 14.2. The average molecular weight is 1010 g/mol. The summed E-state index contributed by atoms with van der Waals surface area (Å²) in [6.45, 7) is 12.6. The number of ether oxygens (including phenoxy) is 2. The van der Waals surface area contributed by atoms with E-state index in [9.17, 15) is 4.79 Å². The van der Waals surface area contributed by atoms with Gasteiger partial charge in [-0.2, -0.15) is 0 Å². The number of halogens is 3. The fourth-order valence-corrected chi connectivity index (χ4v) is 13.7. The van der Waals surface area contributed by atoms with E-state index in [4.69, 9.17) is 13.9 Å². The third kappa shape index (κ3) is 9.47. The van der Waals surface area contributed by atoms with Crippen LogP contribution in [0.25, 0.3) is 27.5 Å². The van der Waals surface area contributed by atoms with Gasteiger partial charge in [0.2, 0.25) is 5.43 Å². The minimum absolute atomic E-state index is 0.0163. The zero-order valence-electron chi connectivity index (χ0n) is 33.8. The Kier molecular flexibility index (Phi) is 13.7. The topological polar surface area (TPSA) is 48.7 Å². The van der Waals surface area contributed by atoms with E-state index >= 15 is 0 Å². The minimum Gasteiger partial charge on any atom is -0.456 e. The van der Waals surface area contributed by atoms with Crippen LogP contribution in [0.1, 0.15) is 35.1 Å². The molecule has 0 N–H and O–H groups in total. The van der Waals surface area contributed by atoms with E-state index in [1.165, 1.54) is 34.3 Å². The van der Waals surface area contributed by atoms with Crippen molar-refractivity contribution in [2.75, 3.05) is 19.9 Å². The molecule has 0 atom stereocenters. The summed E-state index contributed by atoms with van der Waals surface area (Å²) in [6.07, 6.45) is 2.56. The van der Waals surface area contributed by atoms with Gasteiger partial charge in [-0.25, -0.2) is 0 Å². The molecule has 304 valence electrons. The van der Waals surface area contributed by atoms with Crippen LogP contribution in [0.2, 0.25) is 0 Å². The number of fused-ring (bicyclic) bond motifs is 4.